The van der Waals surface area contributed by atoms with Crippen LogP contribution in [0.5, 0.6) is 0 Å². The van der Waals surface area contributed by atoms with Crippen LogP contribution in [0.3, 0.4) is 0 Å². The van der Waals surface area contributed by atoms with Crippen molar-refractivity contribution in [2.45, 2.75) is 63.4 Å². The first-order chi connectivity index (χ1) is 15.8. The molecule has 0 saturated heterocycles. The number of carbonyl (C=O) groups is 2. The summed E-state index contributed by atoms with van der Waals surface area (Å²) in [6.07, 6.45) is 5.30. The average Bonchev–Trinajstić information content (AvgIpc) is 2.80. The van der Waals surface area contributed by atoms with E-state index < -0.39 is 11.9 Å². The molecule has 1 saturated carbocycles. The van der Waals surface area contributed by atoms with Gasteiger partial charge in [0, 0.05) is 33.9 Å². The molecule has 33 heavy (non-hydrogen) atoms. The molecule has 2 aromatic carbocycles. The number of thioether (sulfide) groups is 1. The minimum atomic E-state index is -0.709. The Morgan fingerprint density at radius 1 is 1.12 bits per heavy atom. The Morgan fingerprint density at radius 2 is 1.85 bits per heavy atom. The number of benzene rings is 2. The van der Waals surface area contributed by atoms with Gasteiger partial charge in [0.25, 0.3) is 0 Å². The molecule has 0 aliphatic heterocycles. The smallest absolute Gasteiger partial charge is 0.242 e. The highest BCUT2D eigenvalue weighted by atomic mass is 35.5. The van der Waals surface area contributed by atoms with Crippen molar-refractivity contribution in [1.29, 1.82) is 0 Å². The van der Waals surface area contributed by atoms with Gasteiger partial charge in [0.05, 0.1) is 5.75 Å². The molecule has 178 valence electrons. The standard InChI is InChI=1S/C25H29Cl2FN2O2S/c1-17(25(32)29-21-8-3-2-4-9-21)30(14-18-7-5-6-10-23(18)28)24(31)16-33-15-19-11-12-20(26)13-22(19)27/h5-7,10-13,17,21H,2-4,8-9,14-16H2,1H3,(H,29,32)/t17-/m1/s1. The van der Waals surface area contributed by atoms with E-state index in [0.29, 0.717) is 21.4 Å². The molecule has 0 aromatic heterocycles. The van der Waals surface area contributed by atoms with Gasteiger partial charge in [-0.25, -0.2) is 4.39 Å². The number of rotatable bonds is 9. The van der Waals surface area contributed by atoms with Gasteiger partial charge in [-0.15, -0.1) is 11.8 Å². The summed E-state index contributed by atoms with van der Waals surface area (Å²) < 4.78 is 14.3. The van der Waals surface area contributed by atoms with Gasteiger partial charge in [-0.3, -0.25) is 9.59 Å². The van der Waals surface area contributed by atoms with Crippen molar-refractivity contribution in [1.82, 2.24) is 10.2 Å². The van der Waals surface area contributed by atoms with E-state index in [2.05, 4.69) is 5.32 Å². The minimum Gasteiger partial charge on any atom is -0.352 e. The minimum absolute atomic E-state index is 0.0347. The molecule has 8 heteroatoms. The summed E-state index contributed by atoms with van der Waals surface area (Å²) >= 11 is 13.6. The molecule has 1 aliphatic carbocycles. The van der Waals surface area contributed by atoms with Crippen LogP contribution in [0, 0.1) is 5.82 Å². The molecule has 0 radical (unpaired) electrons. The lowest BCUT2D eigenvalue weighted by Gasteiger charge is -2.31. The van der Waals surface area contributed by atoms with Crippen LogP contribution in [0.1, 0.15) is 50.2 Å². The monoisotopic (exact) mass is 510 g/mol. The summed E-state index contributed by atoms with van der Waals surface area (Å²) in [7, 11) is 0. The Labute approximate surface area is 209 Å². The molecule has 2 aromatic rings. The van der Waals surface area contributed by atoms with Crippen LogP contribution in [0.4, 0.5) is 4.39 Å². The topological polar surface area (TPSA) is 49.4 Å². The van der Waals surface area contributed by atoms with E-state index in [9.17, 15) is 14.0 Å². The van der Waals surface area contributed by atoms with Gasteiger partial charge in [-0.1, -0.05) is 66.7 Å². The van der Waals surface area contributed by atoms with Crippen LogP contribution < -0.4 is 5.32 Å². The fourth-order valence-corrected chi connectivity index (χ4v) is 5.40. The van der Waals surface area contributed by atoms with Crippen molar-refractivity contribution in [2.75, 3.05) is 5.75 Å². The molecule has 0 bridgehead atoms. The third kappa shape index (κ3) is 7.62. The van der Waals surface area contributed by atoms with Crippen molar-refractivity contribution in [3.05, 3.63) is 69.5 Å². The normalized spacial score (nSPS) is 15.2. The van der Waals surface area contributed by atoms with Crippen molar-refractivity contribution < 1.29 is 14.0 Å². The zero-order chi connectivity index (χ0) is 23.8. The van der Waals surface area contributed by atoms with Gasteiger partial charge in [-0.2, -0.15) is 0 Å². The lowest BCUT2D eigenvalue weighted by atomic mass is 9.95. The van der Waals surface area contributed by atoms with Gasteiger partial charge < -0.3 is 10.2 Å². The number of hydrogen-bond acceptors (Lipinski definition) is 3. The molecule has 1 aliphatic rings. The van der Waals surface area contributed by atoms with Gasteiger partial charge >= 0.3 is 0 Å². The van der Waals surface area contributed by atoms with Crippen molar-refractivity contribution >= 4 is 46.8 Å². The summed E-state index contributed by atoms with van der Waals surface area (Å²) in [5.74, 6) is -0.139. The first-order valence-corrected chi connectivity index (χ1v) is 13.1. The summed E-state index contributed by atoms with van der Waals surface area (Å²) in [6.45, 7) is 1.74. The quantitative estimate of drug-likeness (QED) is 0.434. The van der Waals surface area contributed by atoms with Gasteiger partial charge in [0.1, 0.15) is 11.9 Å². The van der Waals surface area contributed by atoms with Crippen molar-refractivity contribution in [3.8, 4) is 0 Å². The number of nitrogens with zero attached hydrogens (tertiary/aromatic N) is 1. The van der Waals surface area contributed by atoms with E-state index in [-0.39, 0.29) is 30.2 Å². The van der Waals surface area contributed by atoms with E-state index in [1.54, 1.807) is 37.3 Å². The molecular weight excluding hydrogens is 482 g/mol. The number of halogens is 3. The molecule has 3 rings (SSSR count). The zero-order valence-corrected chi connectivity index (χ0v) is 21.0. The molecule has 1 atom stereocenters. The molecule has 0 spiro atoms. The number of hydrogen-bond donors (Lipinski definition) is 1. The van der Waals surface area contributed by atoms with Gasteiger partial charge in [-0.05, 0) is 43.5 Å². The Hall–Kier alpha value is -1.76. The Kier molecular flexibility index (Phi) is 9.90. The summed E-state index contributed by atoms with van der Waals surface area (Å²) in [5.41, 5.74) is 1.26. The average molecular weight is 511 g/mol. The Morgan fingerprint density at radius 3 is 2.55 bits per heavy atom. The van der Waals surface area contributed by atoms with Crippen LogP contribution in [0.2, 0.25) is 10.0 Å². The van der Waals surface area contributed by atoms with Crippen molar-refractivity contribution in [2.24, 2.45) is 0 Å². The summed E-state index contributed by atoms with van der Waals surface area (Å²) in [4.78, 5) is 27.6. The van der Waals surface area contributed by atoms with Crippen LogP contribution in [-0.2, 0) is 21.9 Å². The fraction of sp³-hybridized carbons (Fsp3) is 0.440. The summed E-state index contributed by atoms with van der Waals surface area (Å²) in [5, 5.41) is 4.19. The predicted octanol–water partition coefficient (Wildman–Crippen LogP) is 6.23. The number of nitrogens with one attached hydrogen (secondary N) is 1. The third-order valence-electron chi connectivity index (χ3n) is 5.92. The van der Waals surface area contributed by atoms with Crippen LogP contribution in [-0.4, -0.2) is 34.6 Å². The number of amides is 2. The maximum Gasteiger partial charge on any atom is 0.242 e. The summed E-state index contributed by atoms with van der Waals surface area (Å²) in [6, 6.07) is 11.0. The maximum atomic E-state index is 14.3. The van der Waals surface area contributed by atoms with Gasteiger partial charge in [0.2, 0.25) is 11.8 Å². The largest absolute Gasteiger partial charge is 0.352 e. The molecule has 2 amide bonds. The highest BCUT2D eigenvalue weighted by molar-refractivity contribution is 7.99. The highest BCUT2D eigenvalue weighted by Gasteiger charge is 2.28. The lowest BCUT2D eigenvalue weighted by Crippen LogP contribution is -2.51. The van der Waals surface area contributed by atoms with E-state index in [4.69, 9.17) is 23.2 Å². The SMILES string of the molecule is C[C@H](C(=O)NC1CCCCC1)N(Cc1ccccc1F)C(=O)CSCc1ccc(Cl)cc1Cl. The zero-order valence-electron chi connectivity index (χ0n) is 18.7. The van der Waals surface area contributed by atoms with E-state index in [0.717, 1.165) is 31.2 Å². The Bertz CT molecular complexity index is 969. The highest BCUT2D eigenvalue weighted by Crippen LogP contribution is 2.25. The van der Waals surface area contributed by atoms with Crippen LogP contribution in [0.15, 0.2) is 42.5 Å². The van der Waals surface area contributed by atoms with Crippen LogP contribution in [0.25, 0.3) is 0 Å². The first kappa shape index (κ1) is 25.9. The lowest BCUT2D eigenvalue weighted by molar-refractivity contribution is -0.139. The Balaban J connectivity index is 1.67. The molecule has 1 fully saturated rings. The molecular formula is C25H29Cl2FN2O2S. The van der Waals surface area contributed by atoms with Gasteiger partial charge in [0.15, 0.2) is 0 Å². The van der Waals surface area contributed by atoms with Crippen molar-refractivity contribution in [3.63, 3.8) is 0 Å². The molecule has 4 nitrogen and oxygen atoms in total. The fourth-order valence-electron chi connectivity index (χ4n) is 3.93. The predicted molar refractivity (Wildman–Crippen MR) is 134 cm³/mol. The molecule has 1 N–H and O–H groups in total. The van der Waals surface area contributed by atoms with Crippen LogP contribution >= 0.6 is 35.0 Å². The second-order valence-electron chi connectivity index (χ2n) is 8.36. The second kappa shape index (κ2) is 12.6. The van der Waals surface area contributed by atoms with E-state index >= 15 is 0 Å². The molecule has 0 unspecified atom stereocenters. The second-order valence-corrected chi connectivity index (χ2v) is 10.2. The first-order valence-electron chi connectivity index (χ1n) is 11.2. The molecule has 0 heterocycles. The number of carbonyl (C=O) groups excluding carboxylic acids is 2. The third-order valence-corrected chi connectivity index (χ3v) is 7.47. The van der Waals surface area contributed by atoms with E-state index in [1.807, 2.05) is 6.07 Å². The maximum absolute atomic E-state index is 14.3. The van der Waals surface area contributed by atoms with E-state index in [1.165, 1.54) is 29.1 Å².